The zero-order valence-electron chi connectivity index (χ0n) is 12.3. The summed E-state index contributed by atoms with van der Waals surface area (Å²) >= 11 is 11.5. The number of carbonyl (C=O) groups excluding carboxylic acids is 1. The zero-order valence-corrected chi connectivity index (χ0v) is 13.8. The smallest absolute Gasteiger partial charge is 0.347 e. The Morgan fingerprint density at radius 3 is 2.55 bits per heavy atom. The van der Waals surface area contributed by atoms with Crippen molar-refractivity contribution in [3.8, 4) is 5.88 Å². The van der Waals surface area contributed by atoms with Crippen LogP contribution in [0.4, 0.5) is 10.1 Å². The van der Waals surface area contributed by atoms with E-state index in [1.807, 2.05) is 6.92 Å². The molecular weight excluding hydrogens is 334 g/mol. The second-order valence-electron chi connectivity index (χ2n) is 5.59. The monoisotopic (exact) mass is 350 g/mol. The Kier molecular flexibility index (Phi) is 5.02. The number of nitrogens with two attached hydrogens (primary N) is 1. The normalized spacial score (nSPS) is 18.0. The van der Waals surface area contributed by atoms with Crippen LogP contribution in [-0.4, -0.2) is 22.7 Å². The predicted octanol–water partition coefficient (Wildman–Crippen LogP) is 3.75. The van der Waals surface area contributed by atoms with Gasteiger partial charge in [-0.15, -0.1) is 0 Å². The van der Waals surface area contributed by atoms with Crippen LogP contribution < -0.4 is 10.5 Å². The standard InChI is InChI=1S/C14H17Cl2FN2O3/c1-7(13(20)22-14(2)5-3-4-6-14)21-12-9(16)10(18)8(15)11(17)19-12/h7H,3-6H2,1-2H3,(H2,18,19)/t7-/m1/s1. The van der Waals surface area contributed by atoms with E-state index in [0.717, 1.165) is 25.7 Å². The maximum Gasteiger partial charge on any atom is 0.347 e. The van der Waals surface area contributed by atoms with Crippen LogP contribution >= 0.6 is 23.2 Å². The average Bonchev–Trinajstić information content (AvgIpc) is 2.88. The lowest BCUT2D eigenvalue weighted by Crippen LogP contribution is -2.35. The van der Waals surface area contributed by atoms with E-state index in [1.54, 1.807) is 0 Å². The molecule has 2 N–H and O–H groups in total. The maximum absolute atomic E-state index is 13.5. The third kappa shape index (κ3) is 3.55. The minimum absolute atomic E-state index is 0.141. The molecule has 0 unspecified atom stereocenters. The van der Waals surface area contributed by atoms with Crippen molar-refractivity contribution in [2.45, 2.75) is 51.2 Å². The predicted molar refractivity (Wildman–Crippen MR) is 81.7 cm³/mol. The Labute approximate surface area is 137 Å². The third-order valence-electron chi connectivity index (χ3n) is 3.67. The van der Waals surface area contributed by atoms with Gasteiger partial charge in [0.1, 0.15) is 15.6 Å². The Morgan fingerprint density at radius 1 is 1.36 bits per heavy atom. The lowest BCUT2D eigenvalue weighted by atomic mass is 10.1. The quantitative estimate of drug-likeness (QED) is 0.661. The molecule has 0 aromatic carbocycles. The highest BCUT2D eigenvalue weighted by molar-refractivity contribution is 6.39. The Morgan fingerprint density at radius 2 is 1.95 bits per heavy atom. The summed E-state index contributed by atoms with van der Waals surface area (Å²) in [7, 11) is 0. The number of anilines is 1. The van der Waals surface area contributed by atoms with Crippen molar-refractivity contribution in [2.75, 3.05) is 5.73 Å². The Hall–Kier alpha value is -1.27. The molecule has 1 aromatic heterocycles. The molecule has 5 nitrogen and oxygen atoms in total. The first kappa shape index (κ1) is 17.1. The van der Waals surface area contributed by atoms with Gasteiger partial charge in [-0.05, 0) is 39.5 Å². The fourth-order valence-corrected chi connectivity index (χ4v) is 2.72. The number of hydrogen-bond donors (Lipinski definition) is 1. The molecule has 22 heavy (non-hydrogen) atoms. The number of nitrogens with zero attached hydrogens (tertiary/aromatic N) is 1. The summed E-state index contributed by atoms with van der Waals surface area (Å²) in [6, 6.07) is 0. The third-order valence-corrected chi connectivity index (χ3v) is 4.39. The molecule has 0 spiro atoms. The summed E-state index contributed by atoms with van der Waals surface area (Å²) in [6.45, 7) is 3.36. The van der Waals surface area contributed by atoms with Crippen LogP contribution in [0.1, 0.15) is 39.5 Å². The van der Waals surface area contributed by atoms with E-state index in [2.05, 4.69) is 4.98 Å². The van der Waals surface area contributed by atoms with Gasteiger partial charge >= 0.3 is 5.97 Å². The van der Waals surface area contributed by atoms with Gasteiger partial charge in [0.2, 0.25) is 11.8 Å². The minimum atomic E-state index is -1.01. The molecule has 1 fully saturated rings. The molecule has 0 amide bonds. The molecule has 1 atom stereocenters. The topological polar surface area (TPSA) is 74.4 Å². The summed E-state index contributed by atoms with van der Waals surface area (Å²) in [5.74, 6) is -1.86. The van der Waals surface area contributed by atoms with E-state index in [4.69, 9.17) is 38.4 Å². The lowest BCUT2D eigenvalue weighted by Gasteiger charge is -2.26. The number of aromatic nitrogens is 1. The van der Waals surface area contributed by atoms with E-state index in [0.29, 0.717) is 0 Å². The van der Waals surface area contributed by atoms with Crippen molar-refractivity contribution in [3.63, 3.8) is 0 Å². The summed E-state index contributed by atoms with van der Waals surface area (Å²) in [5.41, 5.74) is 4.89. The molecule has 122 valence electrons. The molecule has 2 rings (SSSR count). The molecule has 1 aliphatic carbocycles. The average molecular weight is 351 g/mol. The second kappa shape index (κ2) is 6.46. The summed E-state index contributed by atoms with van der Waals surface area (Å²) in [5, 5.41) is -0.524. The first-order chi connectivity index (χ1) is 10.2. The molecule has 1 saturated carbocycles. The van der Waals surface area contributed by atoms with Gasteiger partial charge in [0.25, 0.3) is 0 Å². The SMILES string of the molecule is C[C@@H](Oc1nc(F)c(Cl)c(N)c1Cl)C(=O)OC1(C)CCCC1. The molecule has 0 radical (unpaired) electrons. The van der Waals surface area contributed by atoms with Gasteiger partial charge in [-0.25, -0.2) is 4.79 Å². The molecular formula is C14H17Cl2FN2O3. The van der Waals surface area contributed by atoms with Crippen molar-refractivity contribution in [1.29, 1.82) is 0 Å². The minimum Gasteiger partial charge on any atom is -0.461 e. The Bertz CT molecular complexity index is 592. The van der Waals surface area contributed by atoms with Gasteiger partial charge in [-0.1, -0.05) is 23.2 Å². The van der Waals surface area contributed by atoms with E-state index in [9.17, 15) is 9.18 Å². The molecule has 1 heterocycles. The molecule has 0 bridgehead atoms. The molecule has 8 heteroatoms. The van der Waals surface area contributed by atoms with Gasteiger partial charge in [0, 0.05) is 0 Å². The van der Waals surface area contributed by atoms with Crippen LogP contribution in [0.25, 0.3) is 0 Å². The number of esters is 1. The summed E-state index contributed by atoms with van der Waals surface area (Å²) in [6.07, 6.45) is 2.67. The van der Waals surface area contributed by atoms with Gasteiger partial charge in [0.05, 0.1) is 5.69 Å². The highest BCUT2D eigenvalue weighted by atomic mass is 35.5. The van der Waals surface area contributed by atoms with E-state index >= 15 is 0 Å². The highest BCUT2D eigenvalue weighted by Gasteiger charge is 2.34. The van der Waals surface area contributed by atoms with E-state index < -0.39 is 23.6 Å². The van der Waals surface area contributed by atoms with Crippen LogP contribution in [0.3, 0.4) is 0 Å². The van der Waals surface area contributed by atoms with Gasteiger partial charge in [-0.2, -0.15) is 9.37 Å². The fraction of sp³-hybridized carbons (Fsp3) is 0.571. The van der Waals surface area contributed by atoms with Crippen LogP contribution in [0.5, 0.6) is 5.88 Å². The zero-order chi connectivity index (χ0) is 16.5. The number of nitrogen functional groups attached to an aromatic ring is 1. The molecule has 1 aliphatic rings. The fourth-order valence-electron chi connectivity index (χ4n) is 2.35. The first-order valence-corrected chi connectivity index (χ1v) is 7.68. The number of ether oxygens (including phenoxy) is 2. The number of hydrogen-bond acceptors (Lipinski definition) is 5. The highest BCUT2D eigenvalue weighted by Crippen LogP contribution is 2.36. The first-order valence-electron chi connectivity index (χ1n) is 6.93. The molecule has 0 saturated heterocycles. The summed E-state index contributed by atoms with van der Waals surface area (Å²) in [4.78, 5) is 15.6. The van der Waals surface area contributed by atoms with Crippen LogP contribution in [0, 0.1) is 5.95 Å². The van der Waals surface area contributed by atoms with E-state index in [1.165, 1.54) is 6.92 Å². The van der Waals surface area contributed by atoms with Crippen molar-refractivity contribution in [1.82, 2.24) is 4.98 Å². The molecule has 1 aromatic rings. The summed E-state index contributed by atoms with van der Waals surface area (Å²) < 4.78 is 24.2. The lowest BCUT2D eigenvalue weighted by molar-refractivity contribution is -0.165. The molecule has 0 aliphatic heterocycles. The number of rotatable bonds is 4. The van der Waals surface area contributed by atoms with Gasteiger partial charge < -0.3 is 15.2 Å². The van der Waals surface area contributed by atoms with Crippen molar-refractivity contribution < 1.29 is 18.7 Å². The van der Waals surface area contributed by atoms with E-state index in [-0.39, 0.29) is 21.6 Å². The Balaban J connectivity index is 2.08. The van der Waals surface area contributed by atoms with Crippen molar-refractivity contribution >= 4 is 34.9 Å². The van der Waals surface area contributed by atoms with Crippen molar-refractivity contribution in [3.05, 3.63) is 16.0 Å². The van der Waals surface area contributed by atoms with Crippen LogP contribution in [0.2, 0.25) is 10.0 Å². The number of pyridine rings is 1. The largest absolute Gasteiger partial charge is 0.461 e. The second-order valence-corrected chi connectivity index (χ2v) is 6.34. The number of halogens is 3. The van der Waals surface area contributed by atoms with Crippen molar-refractivity contribution in [2.24, 2.45) is 0 Å². The van der Waals surface area contributed by atoms with Crippen LogP contribution in [-0.2, 0) is 9.53 Å². The van der Waals surface area contributed by atoms with Gasteiger partial charge in [-0.3, -0.25) is 0 Å². The maximum atomic E-state index is 13.5. The van der Waals surface area contributed by atoms with Gasteiger partial charge in [0.15, 0.2) is 6.10 Å². The number of carbonyl (C=O) groups is 1. The van der Waals surface area contributed by atoms with Crippen LogP contribution in [0.15, 0.2) is 0 Å².